The molecule has 2 aromatic carbocycles. The summed E-state index contributed by atoms with van der Waals surface area (Å²) in [7, 11) is 0. The molecule has 23 heavy (non-hydrogen) atoms. The van der Waals surface area contributed by atoms with Crippen LogP contribution in [-0.2, 0) is 0 Å². The first-order valence-electron chi connectivity index (χ1n) is 6.48. The van der Waals surface area contributed by atoms with Crippen molar-refractivity contribution in [1.29, 1.82) is 0 Å². The summed E-state index contributed by atoms with van der Waals surface area (Å²) in [6.07, 6.45) is 2.59. The van der Waals surface area contributed by atoms with Gasteiger partial charge < -0.3 is 10.2 Å². The van der Waals surface area contributed by atoms with Crippen molar-refractivity contribution in [2.75, 3.05) is 0 Å². The Morgan fingerprint density at radius 2 is 1.96 bits per heavy atom. The lowest BCUT2D eigenvalue weighted by Crippen LogP contribution is -1.98. The number of phenolic OH excluding ortho intramolecular Hbond substituents is 2. The summed E-state index contributed by atoms with van der Waals surface area (Å²) in [5, 5.41) is 29.7. The van der Waals surface area contributed by atoms with Gasteiger partial charge in [-0.25, -0.2) is 0 Å². The molecule has 2 N–H and O–H groups in total. The van der Waals surface area contributed by atoms with Crippen molar-refractivity contribution in [2.24, 2.45) is 0 Å². The first-order valence-corrected chi connectivity index (χ1v) is 6.86. The topological polar surface area (TPSA) is 101 Å². The molecule has 0 aromatic heterocycles. The van der Waals surface area contributed by atoms with Crippen LogP contribution in [-0.4, -0.2) is 20.9 Å². The number of hydrogen-bond donors (Lipinski definition) is 2. The minimum Gasteiger partial charge on any atom is -0.504 e. The van der Waals surface area contributed by atoms with E-state index < -0.39 is 22.2 Å². The van der Waals surface area contributed by atoms with E-state index in [-0.39, 0.29) is 16.3 Å². The summed E-state index contributed by atoms with van der Waals surface area (Å²) < 4.78 is 0. The molecule has 0 fully saturated rings. The molecule has 7 heteroatoms. The molecular formula is C16H12ClNO5. The first kappa shape index (κ1) is 16.5. The number of nitro groups is 1. The number of ketones is 1. The molecule has 0 aliphatic rings. The SMILES string of the molecule is Cc1ccc(C(=O)/C=C/c2cc(O)c(O)c(Cl)c2)cc1[N+](=O)[O-]. The summed E-state index contributed by atoms with van der Waals surface area (Å²) in [5.41, 5.74) is 0.910. The number of rotatable bonds is 4. The monoisotopic (exact) mass is 333 g/mol. The van der Waals surface area contributed by atoms with Gasteiger partial charge in [-0.2, -0.15) is 0 Å². The van der Waals surface area contributed by atoms with Crippen LogP contribution >= 0.6 is 11.6 Å². The molecule has 0 amide bonds. The Kier molecular flexibility index (Phi) is 4.66. The molecule has 2 aromatic rings. The van der Waals surface area contributed by atoms with Gasteiger partial charge in [0.15, 0.2) is 17.3 Å². The Morgan fingerprint density at radius 1 is 1.26 bits per heavy atom. The molecule has 0 spiro atoms. The van der Waals surface area contributed by atoms with Crippen LogP contribution < -0.4 is 0 Å². The third-order valence-corrected chi connectivity index (χ3v) is 3.47. The van der Waals surface area contributed by atoms with E-state index in [0.717, 1.165) is 0 Å². The summed E-state index contributed by atoms with van der Waals surface area (Å²) >= 11 is 5.72. The zero-order chi connectivity index (χ0) is 17.1. The van der Waals surface area contributed by atoms with Gasteiger partial charge in [0.1, 0.15) is 0 Å². The van der Waals surface area contributed by atoms with E-state index in [1.807, 2.05) is 0 Å². The Labute approximate surface area is 136 Å². The molecule has 0 saturated heterocycles. The normalized spacial score (nSPS) is 10.9. The maximum absolute atomic E-state index is 12.1. The van der Waals surface area contributed by atoms with Crippen molar-refractivity contribution in [3.8, 4) is 11.5 Å². The second-order valence-corrected chi connectivity index (χ2v) is 5.23. The fourth-order valence-corrected chi connectivity index (χ4v) is 2.15. The highest BCUT2D eigenvalue weighted by Gasteiger charge is 2.13. The fourth-order valence-electron chi connectivity index (χ4n) is 1.93. The Hall–Kier alpha value is -2.86. The second-order valence-electron chi connectivity index (χ2n) is 4.83. The largest absolute Gasteiger partial charge is 0.504 e. The van der Waals surface area contributed by atoms with Crippen LogP contribution in [0.2, 0.25) is 5.02 Å². The molecule has 2 rings (SSSR count). The molecule has 0 radical (unpaired) electrons. The van der Waals surface area contributed by atoms with Crippen LogP contribution in [0.25, 0.3) is 6.08 Å². The lowest BCUT2D eigenvalue weighted by molar-refractivity contribution is -0.385. The van der Waals surface area contributed by atoms with Crippen molar-refractivity contribution >= 4 is 29.1 Å². The zero-order valence-corrected chi connectivity index (χ0v) is 12.7. The number of hydrogen-bond acceptors (Lipinski definition) is 5. The standard InChI is InChI=1S/C16H12ClNO5/c1-9-2-4-11(8-13(9)18(22)23)14(19)5-3-10-6-12(17)16(21)15(20)7-10/h2-8,20-21H,1H3/b5-3+. The van der Waals surface area contributed by atoms with Crippen molar-refractivity contribution in [2.45, 2.75) is 6.92 Å². The summed E-state index contributed by atoms with van der Waals surface area (Å²) in [6.45, 7) is 1.59. The number of carbonyl (C=O) groups excluding carboxylic acids is 1. The van der Waals surface area contributed by atoms with Crippen LogP contribution in [0.15, 0.2) is 36.4 Å². The highest BCUT2D eigenvalue weighted by molar-refractivity contribution is 6.32. The van der Waals surface area contributed by atoms with Crippen molar-refractivity contribution in [3.05, 3.63) is 68.2 Å². The Morgan fingerprint density at radius 3 is 2.57 bits per heavy atom. The summed E-state index contributed by atoms with van der Waals surface area (Å²) in [5.74, 6) is -1.28. The van der Waals surface area contributed by atoms with E-state index >= 15 is 0 Å². The number of nitro benzene ring substituents is 1. The van der Waals surface area contributed by atoms with Crippen LogP contribution in [0.1, 0.15) is 21.5 Å². The highest BCUT2D eigenvalue weighted by atomic mass is 35.5. The van der Waals surface area contributed by atoms with Gasteiger partial charge in [-0.05, 0) is 30.7 Å². The van der Waals surface area contributed by atoms with Crippen LogP contribution in [0, 0.1) is 17.0 Å². The average Bonchev–Trinajstić information content (AvgIpc) is 2.50. The second kappa shape index (κ2) is 6.50. The molecular weight excluding hydrogens is 322 g/mol. The number of allylic oxidation sites excluding steroid dienone is 1. The van der Waals surface area contributed by atoms with Gasteiger partial charge in [0.05, 0.1) is 9.95 Å². The van der Waals surface area contributed by atoms with Gasteiger partial charge in [0, 0.05) is 17.2 Å². The van der Waals surface area contributed by atoms with E-state index in [2.05, 4.69) is 0 Å². The van der Waals surface area contributed by atoms with Gasteiger partial charge in [-0.15, -0.1) is 0 Å². The quantitative estimate of drug-likeness (QED) is 0.291. The first-order chi connectivity index (χ1) is 10.8. The molecule has 118 valence electrons. The van der Waals surface area contributed by atoms with E-state index in [9.17, 15) is 25.1 Å². The maximum Gasteiger partial charge on any atom is 0.273 e. The number of aromatic hydroxyl groups is 2. The molecule has 0 aliphatic heterocycles. The number of aryl methyl sites for hydroxylation is 1. The predicted octanol–water partition coefficient (Wildman–Crippen LogP) is 3.86. The highest BCUT2D eigenvalue weighted by Crippen LogP contribution is 2.34. The Bertz CT molecular complexity index is 806. The Balaban J connectivity index is 2.29. The number of benzene rings is 2. The van der Waals surface area contributed by atoms with Crippen molar-refractivity contribution in [1.82, 2.24) is 0 Å². The number of nitrogens with zero attached hydrogens (tertiary/aromatic N) is 1. The van der Waals surface area contributed by atoms with Gasteiger partial charge in [-0.3, -0.25) is 14.9 Å². The molecule has 0 unspecified atom stereocenters. The van der Waals surface area contributed by atoms with Crippen molar-refractivity contribution in [3.63, 3.8) is 0 Å². The number of phenols is 2. The predicted molar refractivity (Wildman–Crippen MR) is 86.0 cm³/mol. The maximum atomic E-state index is 12.1. The van der Waals surface area contributed by atoms with E-state index in [1.165, 1.54) is 42.5 Å². The van der Waals surface area contributed by atoms with E-state index in [0.29, 0.717) is 11.1 Å². The van der Waals surface area contributed by atoms with Gasteiger partial charge in [0.2, 0.25) is 0 Å². The zero-order valence-electron chi connectivity index (χ0n) is 12.0. The lowest BCUT2D eigenvalue weighted by Gasteiger charge is -2.02. The van der Waals surface area contributed by atoms with Gasteiger partial charge >= 0.3 is 0 Å². The lowest BCUT2D eigenvalue weighted by atomic mass is 10.1. The molecule has 0 atom stereocenters. The molecule has 0 saturated carbocycles. The fraction of sp³-hybridized carbons (Fsp3) is 0.0625. The van der Waals surface area contributed by atoms with Gasteiger partial charge in [-0.1, -0.05) is 29.8 Å². The van der Waals surface area contributed by atoms with Crippen LogP contribution in [0.5, 0.6) is 11.5 Å². The van der Waals surface area contributed by atoms with Crippen LogP contribution in [0.3, 0.4) is 0 Å². The van der Waals surface area contributed by atoms with E-state index in [1.54, 1.807) is 6.92 Å². The molecule has 0 heterocycles. The van der Waals surface area contributed by atoms with Crippen LogP contribution in [0.4, 0.5) is 5.69 Å². The minimum atomic E-state index is -0.548. The third kappa shape index (κ3) is 3.67. The number of halogens is 1. The molecule has 0 aliphatic carbocycles. The third-order valence-electron chi connectivity index (χ3n) is 3.18. The number of carbonyl (C=O) groups is 1. The molecule has 0 bridgehead atoms. The smallest absolute Gasteiger partial charge is 0.273 e. The average molecular weight is 334 g/mol. The molecule has 6 nitrogen and oxygen atoms in total. The van der Waals surface area contributed by atoms with Crippen molar-refractivity contribution < 1.29 is 19.9 Å². The summed E-state index contributed by atoms with van der Waals surface area (Å²) in [4.78, 5) is 22.4. The van der Waals surface area contributed by atoms with E-state index in [4.69, 9.17) is 11.6 Å². The van der Waals surface area contributed by atoms with Gasteiger partial charge in [0.25, 0.3) is 5.69 Å². The minimum absolute atomic E-state index is 0.0527. The summed E-state index contributed by atoms with van der Waals surface area (Å²) in [6, 6.07) is 6.82.